The van der Waals surface area contributed by atoms with Crippen molar-refractivity contribution in [3.63, 3.8) is 0 Å². The molecule has 0 aliphatic heterocycles. The summed E-state index contributed by atoms with van der Waals surface area (Å²) in [6.07, 6.45) is -1.62. The monoisotopic (exact) mass is 381 g/mol. The van der Waals surface area contributed by atoms with E-state index >= 15 is 0 Å². The highest BCUT2D eigenvalue weighted by atomic mass is 35.5. The van der Waals surface area contributed by atoms with Gasteiger partial charge in [0.25, 0.3) is 0 Å². The molecule has 0 fully saturated rings. The first-order valence-electron chi connectivity index (χ1n) is 7.84. The van der Waals surface area contributed by atoms with E-state index in [9.17, 15) is 9.90 Å². The molecular weight excluding hydrogens is 361 g/mol. The van der Waals surface area contributed by atoms with E-state index in [1.165, 1.54) is 0 Å². The minimum atomic E-state index is -1.01. The van der Waals surface area contributed by atoms with Gasteiger partial charge < -0.3 is 15.2 Å². The molecule has 0 saturated carbocycles. The largest absolute Gasteiger partial charge is 0.444 e. The summed E-state index contributed by atoms with van der Waals surface area (Å²) in [6.45, 7) is 5.33. The van der Waals surface area contributed by atoms with Crippen molar-refractivity contribution in [1.29, 1.82) is 0 Å². The zero-order valence-electron chi connectivity index (χ0n) is 14.3. The molecule has 2 aromatic carbocycles. The molecule has 0 heterocycles. The highest BCUT2D eigenvalue weighted by Gasteiger charge is 2.27. The van der Waals surface area contributed by atoms with Crippen LogP contribution < -0.4 is 5.32 Å². The third kappa shape index (κ3) is 5.92. The van der Waals surface area contributed by atoms with E-state index in [1.54, 1.807) is 69.3 Å². The van der Waals surface area contributed by atoms with Gasteiger partial charge >= 0.3 is 6.09 Å². The van der Waals surface area contributed by atoms with Crippen LogP contribution in [0.15, 0.2) is 48.5 Å². The molecule has 0 spiro atoms. The summed E-state index contributed by atoms with van der Waals surface area (Å²) in [7, 11) is 0. The van der Waals surface area contributed by atoms with Gasteiger partial charge in [-0.2, -0.15) is 0 Å². The molecule has 25 heavy (non-hydrogen) atoms. The van der Waals surface area contributed by atoms with Crippen molar-refractivity contribution < 1.29 is 14.6 Å². The lowest BCUT2D eigenvalue weighted by molar-refractivity contribution is 0.0419. The van der Waals surface area contributed by atoms with Crippen molar-refractivity contribution >= 4 is 29.3 Å². The van der Waals surface area contributed by atoms with Gasteiger partial charge in [0.2, 0.25) is 0 Å². The van der Waals surface area contributed by atoms with Crippen LogP contribution in [0.1, 0.15) is 44.0 Å². The van der Waals surface area contributed by atoms with Crippen molar-refractivity contribution in [3.05, 3.63) is 69.7 Å². The summed E-state index contributed by atoms with van der Waals surface area (Å²) in [5, 5.41) is 14.6. The summed E-state index contributed by atoms with van der Waals surface area (Å²) >= 11 is 11.9. The summed E-state index contributed by atoms with van der Waals surface area (Å²) in [5.74, 6) is 0. The predicted molar refractivity (Wildman–Crippen MR) is 100.0 cm³/mol. The van der Waals surface area contributed by atoms with Crippen LogP contribution in [-0.4, -0.2) is 16.8 Å². The van der Waals surface area contributed by atoms with Gasteiger partial charge in [0.15, 0.2) is 0 Å². The van der Waals surface area contributed by atoms with E-state index in [-0.39, 0.29) is 0 Å². The lowest BCUT2D eigenvalue weighted by Crippen LogP contribution is -2.37. The third-order valence-corrected chi connectivity index (χ3v) is 3.89. The number of benzene rings is 2. The standard InChI is InChI=1S/C19H21Cl2NO3/c1-19(2,3)25-18(24)22-16(12-7-9-14(20)10-8-12)17(23)13-5-4-6-15(21)11-13/h4-11,16-17,23H,1-3H3,(H,22,24)/t16?,17-/m0/s1. The van der Waals surface area contributed by atoms with Crippen molar-refractivity contribution in [1.82, 2.24) is 5.32 Å². The van der Waals surface area contributed by atoms with Gasteiger partial charge in [-0.3, -0.25) is 0 Å². The van der Waals surface area contributed by atoms with E-state index in [2.05, 4.69) is 5.32 Å². The number of nitrogens with one attached hydrogen (secondary N) is 1. The van der Waals surface area contributed by atoms with Crippen LogP contribution in [0.3, 0.4) is 0 Å². The minimum absolute atomic E-state index is 0.503. The number of halogens is 2. The molecule has 0 saturated heterocycles. The van der Waals surface area contributed by atoms with Crippen LogP contribution in [-0.2, 0) is 4.74 Å². The van der Waals surface area contributed by atoms with Gasteiger partial charge in [0.05, 0.1) is 6.04 Å². The molecule has 0 aromatic heterocycles. The number of amides is 1. The number of carbonyl (C=O) groups excluding carboxylic acids is 1. The van der Waals surface area contributed by atoms with Gasteiger partial charge in [0, 0.05) is 10.0 Å². The fraction of sp³-hybridized carbons (Fsp3) is 0.316. The molecule has 6 heteroatoms. The Labute approximate surface area is 157 Å². The number of carbonyl (C=O) groups is 1. The zero-order valence-corrected chi connectivity index (χ0v) is 15.8. The Morgan fingerprint density at radius 1 is 1.04 bits per heavy atom. The maximum Gasteiger partial charge on any atom is 0.408 e. The molecule has 1 amide bonds. The predicted octanol–water partition coefficient (Wildman–Crippen LogP) is 5.29. The Balaban J connectivity index is 2.31. The van der Waals surface area contributed by atoms with Crippen LogP contribution in [0, 0.1) is 0 Å². The van der Waals surface area contributed by atoms with Crippen molar-refractivity contribution in [2.24, 2.45) is 0 Å². The topological polar surface area (TPSA) is 58.6 Å². The van der Waals surface area contributed by atoms with E-state index in [1.807, 2.05) is 0 Å². The smallest absolute Gasteiger partial charge is 0.408 e. The Morgan fingerprint density at radius 2 is 1.68 bits per heavy atom. The SMILES string of the molecule is CC(C)(C)OC(=O)NC(c1ccc(Cl)cc1)[C@@H](O)c1cccc(Cl)c1. The second-order valence-electron chi connectivity index (χ2n) is 6.68. The van der Waals surface area contributed by atoms with E-state index in [0.717, 1.165) is 0 Å². The minimum Gasteiger partial charge on any atom is -0.444 e. The van der Waals surface area contributed by atoms with Gasteiger partial charge in [0.1, 0.15) is 11.7 Å². The maximum atomic E-state index is 12.2. The molecule has 0 aliphatic carbocycles. The average Bonchev–Trinajstić information content (AvgIpc) is 2.51. The number of hydrogen-bond acceptors (Lipinski definition) is 3. The van der Waals surface area contributed by atoms with Gasteiger partial charge in [-0.1, -0.05) is 47.5 Å². The average molecular weight is 382 g/mol. The fourth-order valence-corrected chi connectivity index (χ4v) is 2.66. The first kappa shape index (κ1) is 19.6. The molecule has 2 N–H and O–H groups in total. The number of ether oxygens (including phenoxy) is 1. The summed E-state index contributed by atoms with van der Waals surface area (Å²) in [4.78, 5) is 12.2. The first-order valence-corrected chi connectivity index (χ1v) is 8.60. The Hall–Kier alpha value is -1.75. The molecule has 2 aromatic rings. The van der Waals surface area contributed by atoms with Crippen LogP contribution in [0.2, 0.25) is 10.0 Å². The molecular formula is C19H21Cl2NO3. The molecule has 134 valence electrons. The second kappa shape index (κ2) is 8.09. The zero-order chi connectivity index (χ0) is 18.6. The normalized spacial score (nSPS) is 13.8. The second-order valence-corrected chi connectivity index (χ2v) is 7.55. The molecule has 0 radical (unpaired) electrons. The number of aliphatic hydroxyl groups excluding tert-OH is 1. The van der Waals surface area contributed by atoms with Gasteiger partial charge in [-0.05, 0) is 56.2 Å². The molecule has 1 unspecified atom stereocenters. The quantitative estimate of drug-likeness (QED) is 0.755. The lowest BCUT2D eigenvalue weighted by Gasteiger charge is -2.27. The van der Waals surface area contributed by atoms with Gasteiger partial charge in [-0.25, -0.2) is 4.79 Å². The number of rotatable bonds is 4. The van der Waals surface area contributed by atoms with Crippen molar-refractivity contribution in [3.8, 4) is 0 Å². The highest BCUT2D eigenvalue weighted by Crippen LogP contribution is 2.31. The van der Waals surface area contributed by atoms with E-state index < -0.39 is 23.8 Å². The first-order chi connectivity index (χ1) is 11.7. The maximum absolute atomic E-state index is 12.2. The number of aliphatic hydroxyl groups is 1. The highest BCUT2D eigenvalue weighted by molar-refractivity contribution is 6.30. The lowest BCUT2D eigenvalue weighted by atomic mass is 9.96. The van der Waals surface area contributed by atoms with Crippen LogP contribution in [0.25, 0.3) is 0 Å². The molecule has 4 nitrogen and oxygen atoms in total. The summed E-state index contributed by atoms with van der Waals surface area (Å²) in [5.41, 5.74) is 0.640. The Bertz CT molecular complexity index is 726. The van der Waals surface area contributed by atoms with Crippen LogP contribution in [0.5, 0.6) is 0 Å². The van der Waals surface area contributed by atoms with E-state index in [4.69, 9.17) is 27.9 Å². The van der Waals surface area contributed by atoms with Crippen molar-refractivity contribution in [2.75, 3.05) is 0 Å². The van der Waals surface area contributed by atoms with Gasteiger partial charge in [-0.15, -0.1) is 0 Å². The molecule has 2 atom stereocenters. The van der Waals surface area contributed by atoms with Crippen LogP contribution in [0.4, 0.5) is 4.79 Å². The van der Waals surface area contributed by atoms with Crippen molar-refractivity contribution in [2.45, 2.75) is 38.5 Å². The molecule has 2 rings (SSSR count). The molecule has 0 aliphatic rings. The van der Waals surface area contributed by atoms with E-state index in [0.29, 0.717) is 21.2 Å². The Morgan fingerprint density at radius 3 is 2.24 bits per heavy atom. The summed E-state index contributed by atoms with van der Waals surface area (Å²) in [6, 6.07) is 13.0. The summed E-state index contributed by atoms with van der Waals surface area (Å²) < 4.78 is 5.31. The fourth-order valence-electron chi connectivity index (χ4n) is 2.33. The number of hydrogen-bond donors (Lipinski definition) is 2. The molecule has 0 bridgehead atoms. The van der Waals surface area contributed by atoms with Crippen LogP contribution >= 0.6 is 23.2 Å². The Kier molecular flexibility index (Phi) is 6.33. The third-order valence-electron chi connectivity index (χ3n) is 3.41. The number of alkyl carbamates (subject to hydrolysis) is 1.